The number of pyridine rings is 1. The number of hydrogen-bond donors (Lipinski definition) is 2. The summed E-state index contributed by atoms with van der Waals surface area (Å²) in [6.07, 6.45) is 4.42. The molecule has 0 spiro atoms. The van der Waals surface area contributed by atoms with Crippen molar-refractivity contribution in [2.75, 3.05) is 6.61 Å². The molecule has 116 valence electrons. The molecule has 22 heavy (non-hydrogen) atoms. The van der Waals surface area contributed by atoms with Gasteiger partial charge in [-0.05, 0) is 35.7 Å². The van der Waals surface area contributed by atoms with E-state index in [9.17, 15) is 4.79 Å². The third kappa shape index (κ3) is 5.44. The Labute approximate surface area is 130 Å². The molecule has 1 aromatic carbocycles. The smallest absolute Gasteiger partial charge is 0.315 e. The largest absolute Gasteiger partial charge is 0.494 e. The third-order valence-electron chi connectivity index (χ3n) is 3.03. The van der Waals surface area contributed by atoms with Crippen molar-refractivity contribution in [2.24, 2.45) is 0 Å². The summed E-state index contributed by atoms with van der Waals surface area (Å²) in [7, 11) is 0. The monoisotopic (exact) mass is 299 g/mol. The molecule has 0 aliphatic rings. The summed E-state index contributed by atoms with van der Waals surface area (Å²) in [5, 5.41) is 5.61. The lowest BCUT2D eigenvalue weighted by molar-refractivity contribution is 0.240. The maximum absolute atomic E-state index is 11.7. The molecule has 2 N–H and O–H groups in total. The van der Waals surface area contributed by atoms with Crippen LogP contribution in [0.1, 0.15) is 24.5 Å². The van der Waals surface area contributed by atoms with Crippen molar-refractivity contribution >= 4 is 6.03 Å². The number of rotatable bonds is 7. The van der Waals surface area contributed by atoms with Crippen LogP contribution in [0.4, 0.5) is 4.79 Å². The van der Waals surface area contributed by atoms with Crippen molar-refractivity contribution < 1.29 is 9.53 Å². The number of carbonyl (C=O) groups is 1. The molecule has 0 saturated heterocycles. The maximum Gasteiger partial charge on any atom is 0.315 e. The number of benzene rings is 1. The summed E-state index contributed by atoms with van der Waals surface area (Å²) in [6, 6.07) is 11.3. The molecule has 0 aliphatic carbocycles. The molecule has 0 fully saturated rings. The van der Waals surface area contributed by atoms with Gasteiger partial charge in [-0.15, -0.1) is 0 Å². The van der Waals surface area contributed by atoms with E-state index in [1.54, 1.807) is 12.4 Å². The van der Waals surface area contributed by atoms with E-state index in [1.165, 1.54) is 0 Å². The first-order valence-corrected chi connectivity index (χ1v) is 7.40. The summed E-state index contributed by atoms with van der Waals surface area (Å²) in [4.78, 5) is 15.7. The molecule has 0 bridgehead atoms. The number of carbonyl (C=O) groups excluding carboxylic acids is 1. The lowest BCUT2D eigenvalue weighted by atomic mass is 10.2. The van der Waals surface area contributed by atoms with Crippen LogP contribution in [0.2, 0.25) is 0 Å². The highest BCUT2D eigenvalue weighted by Gasteiger charge is 2.01. The predicted octanol–water partition coefficient (Wildman–Crippen LogP) is 2.87. The highest BCUT2D eigenvalue weighted by Crippen LogP contribution is 2.12. The minimum Gasteiger partial charge on any atom is -0.494 e. The van der Waals surface area contributed by atoms with Gasteiger partial charge in [-0.2, -0.15) is 0 Å². The van der Waals surface area contributed by atoms with Crippen molar-refractivity contribution in [1.82, 2.24) is 15.6 Å². The molecule has 2 aromatic rings. The fourth-order valence-corrected chi connectivity index (χ4v) is 1.85. The predicted molar refractivity (Wildman–Crippen MR) is 85.5 cm³/mol. The van der Waals surface area contributed by atoms with E-state index in [0.717, 1.165) is 23.3 Å². The molecule has 2 amide bonds. The van der Waals surface area contributed by atoms with Gasteiger partial charge in [0.25, 0.3) is 0 Å². The first kappa shape index (κ1) is 15.8. The van der Waals surface area contributed by atoms with Gasteiger partial charge in [0, 0.05) is 25.5 Å². The van der Waals surface area contributed by atoms with E-state index >= 15 is 0 Å². The second kappa shape index (κ2) is 8.67. The van der Waals surface area contributed by atoms with Crippen molar-refractivity contribution in [3.05, 3.63) is 59.9 Å². The Morgan fingerprint density at radius 3 is 2.45 bits per heavy atom. The van der Waals surface area contributed by atoms with Gasteiger partial charge >= 0.3 is 6.03 Å². The van der Waals surface area contributed by atoms with Crippen molar-refractivity contribution in [1.29, 1.82) is 0 Å². The van der Waals surface area contributed by atoms with Gasteiger partial charge in [-0.3, -0.25) is 4.98 Å². The SMILES string of the molecule is CCCOc1ccc(CNC(=O)NCc2cccnc2)cc1. The van der Waals surface area contributed by atoms with Gasteiger partial charge < -0.3 is 15.4 Å². The van der Waals surface area contributed by atoms with E-state index in [2.05, 4.69) is 22.5 Å². The number of nitrogens with zero attached hydrogens (tertiary/aromatic N) is 1. The van der Waals surface area contributed by atoms with Gasteiger partial charge in [-0.25, -0.2) is 4.79 Å². The molecule has 0 aliphatic heterocycles. The molecule has 0 saturated carbocycles. The summed E-state index contributed by atoms with van der Waals surface area (Å²) in [5.41, 5.74) is 2.00. The Bertz CT molecular complexity index is 570. The summed E-state index contributed by atoms with van der Waals surface area (Å²) in [5.74, 6) is 0.853. The van der Waals surface area contributed by atoms with E-state index < -0.39 is 0 Å². The zero-order chi connectivity index (χ0) is 15.6. The second-order valence-electron chi connectivity index (χ2n) is 4.89. The number of ether oxygens (including phenoxy) is 1. The van der Waals surface area contributed by atoms with Gasteiger partial charge in [0.2, 0.25) is 0 Å². The van der Waals surface area contributed by atoms with Crippen LogP contribution in [0.5, 0.6) is 5.75 Å². The minimum atomic E-state index is -0.199. The Morgan fingerprint density at radius 1 is 1.09 bits per heavy atom. The van der Waals surface area contributed by atoms with Crippen molar-refractivity contribution in [3.8, 4) is 5.75 Å². The van der Waals surface area contributed by atoms with Crippen LogP contribution in [0.25, 0.3) is 0 Å². The zero-order valence-corrected chi connectivity index (χ0v) is 12.7. The molecular weight excluding hydrogens is 278 g/mol. The molecule has 0 unspecified atom stereocenters. The van der Waals surface area contributed by atoms with Crippen molar-refractivity contribution in [2.45, 2.75) is 26.4 Å². The van der Waals surface area contributed by atoms with E-state index in [4.69, 9.17) is 4.74 Å². The Morgan fingerprint density at radius 2 is 1.82 bits per heavy atom. The Hall–Kier alpha value is -2.56. The third-order valence-corrected chi connectivity index (χ3v) is 3.03. The highest BCUT2D eigenvalue weighted by molar-refractivity contribution is 5.73. The van der Waals surface area contributed by atoms with Gasteiger partial charge in [0.05, 0.1) is 6.61 Å². The molecular formula is C17H21N3O2. The number of aromatic nitrogens is 1. The fourth-order valence-electron chi connectivity index (χ4n) is 1.85. The lowest BCUT2D eigenvalue weighted by Crippen LogP contribution is -2.34. The van der Waals surface area contributed by atoms with Crippen LogP contribution >= 0.6 is 0 Å². The Balaban J connectivity index is 1.71. The van der Waals surface area contributed by atoms with Gasteiger partial charge in [0.15, 0.2) is 0 Å². The topological polar surface area (TPSA) is 63.2 Å². The van der Waals surface area contributed by atoms with E-state index in [1.807, 2.05) is 36.4 Å². The quantitative estimate of drug-likeness (QED) is 0.826. The van der Waals surface area contributed by atoms with Crippen LogP contribution in [0.3, 0.4) is 0 Å². The van der Waals surface area contributed by atoms with E-state index in [0.29, 0.717) is 19.7 Å². The fraction of sp³-hybridized carbons (Fsp3) is 0.294. The molecule has 5 heteroatoms. The molecule has 0 radical (unpaired) electrons. The highest BCUT2D eigenvalue weighted by atomic mass is 16.5. The summed E-state index contributed by atoms with van der Waals surface area (Å²) < 4.78 is 5.52. The lowest BCUT2D eigenvalue weighted by Gasteiger charge is -2.09. The molecule has 5 nitrogen and oxygen atoms in total. The molecule has 1 heterocycles. The van der Waals surface area contributed by atoms with Crippen LogP contribution in [-0.4, -0.2) is 17.6 Å². The van der Waals surface area contributed by atoms with Crippen molar-refractivity contribution in [3.63, 3.8) is 0 Å². The number of nitrogens with one attached hydrogen (secondary N) is 2. The Kier molecular flexibility index (Phi) is 6.23. The average Bonchev–Trinajstić information content (AvgIpc) is 2.58. The van der Waals surface area contributed by atoms with Crippen LogP contribution in [-0.2, 0) is 13.1 Å². The van der Waals surface area contributed by atoms with Crippen LogP contribution in [0.15, 0.2) is 48.8 Å². The normalized spacial score (nSPS) is 10.0. The molecule has 2 rings (SSSR count). The number of hydrogen-bond acceptors (Lipinski definition) is 3. The average molecular weight is 299 g/mol. The number of amides is 2. The number of urea groups is 1. The standard InChI is InChI=1S/C17H21N3O2/c1-2-10-22-16-7-5-14(6-8-16)12-19-17(21)20-13-15-4-3-9-18-11-15/h3-9,11H,2,10,12-13H2,1H3,(H2,19,20,21). The van der Waals surface area contributed by atoms with Gasteiger partial charge in [0.1, 0.15) is 5.75 Å². The minimum absolute atomic E-state index is 0.199. The first-order valence-electron chi connectivity index (χ1n) is 7.40. The maximum atomic E-state index is 11.7. The molecule has 1 aromatic heterocycles. The second-order valence-corrected chi connectivity index (χ2v) is 4.89. The van der Waals surface area contributed by atoms with Crippen LogP contribution < -0.4 is 15.4 Å². The van der Waals surface area contributed by atoms with Crippen LogP contribution in [0, 0.1) is 0 Å². The first-order chi connectivity index (χ1) is 10.8. The summed E-state index contributed by atoms with van der Waals surface area (Å²) >= 11 is 0. The van der Waals surface area contributed by atoms with E-state index in [-0.39, 0.29) is 6.03 Å². The zero-order valence-electron chi connectivity index (χ0n) is 12.7. The van der Waals surface area contributed by atoms with Gasteiger partial charge in [-0.1, -0.05) is 25.1 Å². The molecule has 0 atom stereocenters. The summed E-state index contributed by atoms with van der Waals surface area (Å²) in [6.45, 7) is 3.73.